The minimum atomic E-state index is -5.18. The van der Waals surface area contributed by atoms with Crippen molar-refractivity contribution in [3.8, 4) is 0 Å². The van der Waals surface area contributed by atoms with Crippen molar-refractivity contribution in [3.05, 3.63) is 35.9 Å². The Bertz CT molecular complexity index is 702. The molecule has 0 spiro atoms. The highest BCUT2D eigenvalue weighted by atomic mass is 19.4. The standard InChI is InChI=1S/C16H16F3N3O3/c17-16(18,19)15(20-12(23)10-6-2-1-3-7-10)13(24)22(14(25)21-15)11-8-4-5-9-11/h1-3,6-7,11H,4-5,8-9H2,(H,20,23)(H,21,25)/t15-/m0/s1. The van der Waals surface area contributed by atoms with Gasteiger partial charge in [-0.1, -0.05) is 31.0 Å². The number of nitrogens with one attached hydrogen (secondary N) is 2. The van der Waals surface area contributed by atoms with Crippen molar-refractivity contribution < 1.29 is 27.6 Å². The molecule has 2 fully saturated rings. The Labute approximate surface area is 141 Å². The molecule has 0 bridgehead atoms. The molecule has 134 valence electrons. The highest BCUT2D eigenvalue weighted by Crippen LogP contribution is 2.37. The minimum absolute atomic E-state index is 0.0486. The van der Waals surface area contributed by atoms with Gasteiger partial charge in [0.25, 0.3) is 17.5 Å². The van der Waals surface area contributed by atoms with Crippen molar-refractivity contribution in [2.75, 3.05) is 0 Å². The van der Waals surface area contributed by atoms with E-state index in [9.17, 15) is 27.6 Å². The number of amides is 4. The quantitative estimate of drug-likeness (QED) is 0.816. The average Bonchev–Trinajstić information content (AvgIpc) is 3.15. The van der Waals surface area contributed by atoms with Crippen LogP contribution in [0.3, 0.4) is 0 Å². The Hall–Kier alpha value is -2.58. The highest BCUT2D eigenvalue weighted by molar-refractivity contribution is 6.10. The number of urea groups is 1. The van der Waals surface area contributed by atoms with Gasteiger partial charge in [0, 0.05) is 11.6 Å². The molecule has 6 nitrogen and oxygen atoms in total. The van der Waals surface area contributed by atoms with Gasteiger partial charge in [0.1, 0.15) is 0 Å². The topological polar surface area (TPSA) is 78.5 Å². The van der Waals surface area contributed by atoms with Crippen LogP contribution >= 0.6 is 0 Å². The predicted octanol–water partition coefficient (Wildman–Crippen LogP) is 2.17. The normalized spacial score (nSPS) is 24.5. The Morgan fingerprint density at radius 2 is 1.76 bits per heavy atom. The van der Waals surface area contributed by atoms with E-state index in [1.807, 2.05) is 0 Å². The van der Waals surface area contributed by atoms with Crippen LogP contribution in [-0.2, 0) is 4.79 Å². The summed E-state index contributed by atoms with van der Waals surface area (Å²) in [4.78, 5) is 37.4. The molecule has 9 heteroatoms. The summed E-state index contributed by atoms with van der Waals surface area (Å²) in [6, 6.07) is 5.48. The second-order valence-electron chi connectivity index (χ2n) is 6.11. The van der Waals surface area contributed by atoms with Crippen LogP contribution in [0.15, 0.2) is 30.3 Å². The molecular weight excluding hydrogens is 339 g/mol. The summed E-state index contributed by atoms with van der Waals surface area (Å²) >= 11 is 0. The molecule has 1 aromatic carbocycles. The van der Waals surface area contributed by atoms with Crippen molar-refractivity contribution >= 4 is 17.8 Å². The van der Waals surface area contributed by atoms with Crippen LogP contribution < -0.4 is 10.6 Å². The van der Waals surface area contributed by atoms with E-state index in [1.54, 1.807) is 16.7 Å². The Morgan fingerprint density at radius 1 is 1.16 bits per heavy atom. The molecule has 1 saturated carbocycles. The maximum atomic E-state index is 13.7. The van der Waals surface area contributed by atoms with Gasteiger partial charge in [-0.2, -0.15) is 13.2 Å². The summed E-state index contributed by atoms with van der Waals surface area (Å²) in [7, 11) is 0. The fourth-order valence-corrected chi connectivity index (χ4v) is 3.22. The van der Waals surface area contributed by atoms with Crippen LogP contribution in [0.5, 0.6) is 0 Å². The smallest absolute Gasteiger partial charge is 0.314 e. The summed E-state index contributed by atoms with van der Waals surface area (Å²) in [6.07, 6.45) is -2.80. The van der Waals surface area contributed by atoms with Crippen molar-refractivity contribution in [2.24, 2.45) is 0 Å². The highest BCUT2D eigenvalue weighted by Gasteiger charge is 2.69. The van der Waals surface area contributed by atoms with Gasteiger partial charge in [-0.3, -0.25) is 19.8 Å². The summed E-state index contributed by atoms with van der Waals surface area (Å²) in [5, 5.41) is 3.36. The van der Waals surface area contributed by atoms with E-state index in [0.29, 0.717) is 17.7 Å². The van der Waals surface area contributed by atoms with E-state index in [1.165, 1.54) is 24.3 Å². The van der Waals surface area contributed by atoms with Crippen molar-refractivity contribution in [1.82, 2.24) is 15.5 Å². The zero-order valence-corrected chi connectivity index (χ0v) is 13.1. The van der Waals surface area contributed by atoms with Gasteiger partial charge >= 0.3 is 12.2 Å². The first-order valence-electron chi connectivity index (χ1n) is 7.86. The molecule has 0 unspecified atom stereocenters. The van der Waals surface area contributed by atoms with Gasteiger partial charge in [0.2, 0.25) is 0 Å². The van der Waals surface area contributed by atoms with Crippen molar-refractivity contribution in [1.29, 1.82) is 0 Å². The maximum Gasteiger partial charge on any atom is 0.440 e. The predicted molar refractivity (Wildman–Crippen MR) is 80.3 cm³/mol. The molecule has 1 aliphatic heterocycles. The summed E-state index contributed by atoms with van der Waals surface area (Å²) < 4.78 is 41.1. The fourth-order valence-electron chi connectivity index (χ4n) is 3.22. The first-order valence-corrected chi connectivity index (χ1v) is 7.86. The molecule has 4 amide bonds. The number of benzene rings is 1. The van der Waals surface area contributed by atoms with Crippen LogP contribution in [-0.4, -0.2) is 40.6 Å². The average molecular weight is 355 g/mol. The lowest BCUT2D eigenvalue weighted by Gasteiger charge is -2.30. The fraction of sp³-hybridized carbons (Fsp3) is 0.438. The van der Waals surface area contributed by atoms with Gasteiger partial charge in [-0.15, -0.1) is 0 Å². The number of nitrogens with zero attached hydrogens (tertiary/aromatic N) is 1. The molecule has 0 radical (unpaired) electrons. The zero-order chi connectivity index (χ0) is 18.2. The number of hydrogen-bond donors (Lipinski definition) is 2. The summed E-state index contributed by atoms with van der Waals surface area (Å²) in [5.74, 6) is -2.58. The maximum absolute atomic E-state index is 13.7. The number of rotatable bonds is 3. The van der Waals surface area contributed by atoms with Gasteiger partial charge in [0.05, 0.1) is 0 Å². The molecule has 2 aliphatic rings. The number of halogens is 3. The van der Waals surface area contributed by atoms with Gasteiger partial charge in [-0.25, -0.2) is 4.79 Å². The molecule has 1 aromatic rings. The second kappa shape index (κ2) is 6.05. The first kappa shape index (κ1) is 17.2. The number of carbonyl (C=O) groups excluding carboxylic acids is 3. The number of hydrogen-bond acceptors (Lipinski definition) is 3. The molecule has 1 aliphatic carbocycles. The van der Waals surface area contributed by atoms with E-state index < -0.39 is 35.7 Å². The molecule has 0 aromatic heterocycles. The van der Waals surface area contributed by atoms with Gasteiger partial charge < -0.3 is 5.32 Å². The molecule has 1 saturated heterocycles. The number of alkyl halides is 3. The van der Waals surface area contributed by atoms with Crippen LogP contribution in [0.2, 0.25) is 0 Å². The lowest BCUT2D eigenvalue weighted by molar-refractivity contribution is -0.200. The Morgan fingerprint density at radius 3 is 2.32 bits per heavy atom. The van der Waals surface area contributed by atoms with E-state index in [2.05, 4.69) is 0 Å². The largest absolute Gasteiger partial charge is 0.440 e. The Kier molecular flexibility index (Phi) is 4.18. The third-order valence-corrected chi connectivity index (χ3v) is 4.50. The molecule has 1 heterocycles. The van der Waals surface area contributed by atoms with Gasteiger partial charge in [0.15, 0.2) is 0 Å². The summed E-state index contributed by atoms with van der Waals surface area (Å²) in [5.41, 5.74) is -3.49. The third kappa shape index (κ3) is 2.83. The van der Waals surface area contributed by atoms with Crippen molar-refractivity contribution in [3.63, 3.8) is 0 Å². The third-order valence-electron chi connectivity index (χ3n) is 4.50. The van der Waals surface area contributed by atoms with Crippen LogP contribution in [0, 0.1) is 0 Å². The SMILES string of the molecule is O=C(N[C@]1(C(F)(F)F)NC(=O)N(C2CCCC2)C1=O)c1ccccc1. The zero-order valence-electron chi connectivity index (χ0n) is 13.1. The van der Waals surface area contributed by atoms with Crippen LogP contribution in [0.1, 0.15) is 36.0 Å². The minimum Gasteiger partial charge on any atom is -0.314 e. The lowest BCUT2D eigenvalue weighted by Crippen LogP contribution is -2.69. The molecule has 1 atom stereocenters. The molecule has 25 heavy (non-hydrogen) atoms. The van der Waals surface area contributed by atoms with E-state index in [4.69, 9.17) is 0 Å². The number of carbonyl (C=O) groups is 3. The van der Waals surface area contributed by atoms with E-state index in [-0.39, 0.29) is 5.56 Å². The van der Waals surface area contributed by atoms with Crippen LogP contribution in [0.25, 0.3) is 0 Å². The molecule has 3 rings (SSSR count). The number of imide groups is 1. The van der Waals surface area contributed by atoms with E-state index in [0.717, 1.165) is 12.8 Å². The van der Waals surface area contributed by atoms with Crippen molar-refractivity contribution in [2.45, 2.75) is 43.6 Å². The Balaban J connectivity index is 1.93. The molecular formula is C16H16F3N3O3. The monoisotopic (exact) mass is 355 g/mol. The van der Waals surface area contributed by atoms with E-state index >= 15 is 0 Å². The van der Waals surface area contributed by atoms with Crippen LogP contribution in [0.4, 0.5) is 18.0 Å². The summed E-state index contributed by atoms with van der Waals surface area (Å²) in [6.45, 7) is 0. The second-order valence-corrected chi connectivity index (χ2v) is 6.11. The molecule has 2 N–H and O–H groups in total. The first-order chi connectivity index (χ1) is 11.8. The lowest BCUT2D eigenvalue weighted by atomic mass is 10.1. The van der Waals surface area contributed by atoms with Gasteiger partial charge in [-0.05, 0) is 25.0 Å².